The van der Waals surface area contributed by atoms with Crippen molar-refractivity contribution in [2.75, 3.05) is 10.6 Å². The lowest BCUT2D eigenvalue weighted by Crippen LogP contribution is -2.22. The number of amides is 1. The first-order valence-corrected chi connectivity index (χ1v) is 5.93. The van der Waals surface area contributed by atoms with E-state index in [9.17, 15) is 4.79 Å². The van der Waals surface area contributed by atoms with E-state index in [1.54, 1.807) is 6.07 Å². The molecule has 1 aromatic rings. The molecule has 0 fully saturated rings. The molecule has 1 unspecified atom stereocenters. The molecule has 0 aliphatic carbocycles. The zero-order valence-corrected chi connectivity index (χ0v) is 9.97. The molecule has 4 heteroatoms. The molecule has 2 N–H and O–H groups in total. The van der Waals surface area contributed by atoms with E-state index in [1.165, 1.54) is 0 Å². The molecule has 16 heavy (non-hydrogen) atoms. The fraction of sp³-hybridized carbons (Fsp3) is 0.417. The van der Waals surface area contributed by atoms with Crippen molar-refractivity contribution < 1.29 is 4.79 Å². The van der Waals surface area contributed by atoms with Gasteiger partial charge in [-0.1, -0.05) is 31.0 Å². The molecule has 0 radical (unpaired) electrons. The van der Waals surface area contributed by atoms with Gasteiger partial charge in [0, 0.05) is 12.5 Å². The van der Waals surface area contributed by atoms with Crippen molar-refractivity contribution in [3.63, 3.8) is 0 Å². The maximum absolute atomic E-state index is 11.7. The van der Waals surface area contributed by atoms with Crippen LogP contribution in [0.15, 0.2) is 18.2 Å². The van der Waals surface area contributed by atoms with Gasteiger partial charge in [-0.15, -0.1) is 0 Å². The van der Waals surface area contributed by atoms with E-state index in [0.717, 1.165) is 18.5 Å². The summed E-state index contributed by atoms with van der Waals surface area (Å²) >= 11 is 6.05. The van der Waals surface area contributed by atoms with Gasteiger partial charge in [0.25, 0.3) is 0 Å². The average molecular weight is 239 g/mol. The second-order valence-corrected chi connectivity index (χ2v) is 4.45. The summed E-state index contributed by atoms with van der Waals surface area (Å²) in [7, 11) is 0. The van der Waals surface area contributed by atoms with Crippen molar-refractivity contribution in [1.82, 2.24) is 0 Å². The summed E-state index contributed by atoms with van der Waals surface area (Å²) < 4.78 is 0. The normalized spacial score (nSPS) is 19.4. The Morgan fingerprint density at radius 1 is 1.50 bits per heavy atom. The van der Waals surface area contributed by atoms with E-state index >= 15 is 0 Å². The Morgan fingerprint density at radius 2 is 2.31 bits per heavy atom. The molecular weight excluding hydrogens is 224 g/mol. The Bertz CT molecular complexity index is 406. The second kappa shape index (κ2) is 4.74. The summed E-state index contributed by atoms with van der Waals surface area (Å²) in [5.41, 5.74) is 1.62. The standard InChI is InChI=1S/C12H15ClN2O/c1-2-4-8-7-11(16)15-12-9(13)5-3-6-10(12)14-8/h3,5-6,8,14H,2,4,7H2,1H3,(H,15,16). The third-order valence-corrected chi connectivity index (χ3v) is 3.02. The smallest absolute Gasteiger partial charge is 0.226 e. The van der Waals surface area contributed by atoms with Crippen LogP contribution in [0.1, 0.15) is 26.2 Å². The number of carbonyl (C=O) groups excluding carboxylic acids is 1. The Balaban J connectivity index is 2.31. The lowest BCUT2D eigenvalue weighted by Gasteiger charge is -2.15. The van der Waals surface area contributed by atoms with Crippen LogP contribution in [-0.4, -0.2) is 11.9 Å². The number of nitrogens with one attached hydrogen (secondary N) is 2. The van der Waals surface area contributed by atoms with Gasteiger partial charge in [-0.3, -0.25) is 4.79 Å². The Kier molecular flexibility index (Phi) is 3.34. The molecular formula is C12H15ClN2O. The van der Waals surface area contributed by atoms with E-state index in [1.807, 2.05) is 12.1 Å². The highest BCUT2D eigenvalue weighted by Crippen LogP contribution is 2.33. The van der Waals surface area contributed by atoms with Gasteiger partial charge in [0.05, 0.1) is 16.4 Å². The van der Waals surface area contributed by atoms with Gasteiger partial charge in [0.1, 0.15) is 0 Å². The van der Waals surface area contributed by atoms with Crippen LogP contribution in [0.25, 0.3) is 0 Å². The lowest BCUT2D eigenvalue weighted by molar-refractivity contribution is -0.116. The van der Waals surface area contributed by atoms with Gasteiger partial charge in [-0.05, 0) is 18.6 Å². The Hall–Kier alpha value is -1.22. The predicted octanol–water partition coefficient (Wildman–Crippen LogP) is 3.26. The fourth-order valence-electron chi connectivity index (χ4n) is 1.98. The quantitative estimate of drug-likeness (QED) is 0.830. The van der Waals surface area contributed by atoms with Gasteiger partial charge in [-0.2, -0.15) is 0 Å². The van der Waals surface area contributed by atoms with Gasteiger partial charge < -0.3 is 10.6 Å². The van der Waals surface area contributed by atoms with Gasteiger partial charge in [-0.25, -0.2) is 0 Å². The van der Waals surface area contributed by atoms with Crippen molar-refractivity contribution in [1.29, 1.82) is 0 Å². The zero-order chi connectivity index (χ0) is 11.5. The number of anilines is 2. The van der Waals surface area contributed by atoms with Crippen LogP contribution < -0.4 is 10.6 Å². The number of hydrogen-bond acceptors (Lipinski definition) is 2. The number of rotatable bonds is 2. The monoisotopic (exact) mass is 238 g/mol. The molecule has 1 amide bonds. The number of benzene rings is 1. The summed E-state index contributed by atoms with van der Waals surface area (Å²) in [6.07, 6.45) is 2.54. The number of hydrogen-bond donors (Lipinski definition) is 2. The topological polar surface area (TPSA) is 41.1 Å². The average Bonchev–Trinajstić information content (AvgIpc) is 2.38. The van der Waals surface area contributed by atoms with Crippen LogP contribution in [0.2, 0.25) is 5.02 Å². The van der Waals surface area contributed by atoms with Crippen LogP contribution in [0.4, 0.5) is 11.4 Å². The summed E-state index contributed by atoms with van der Waals surface area (Å²) in [5.74, 6) is 0.0257. The van der Waals surface area contributed by atoms with Gasteiger partial charge >= 0.3 is 0 Å². The number of fused-ring (bicyclic) bond motifs is 1. The maximum Gasteiger partial charge on any atom is 0.226 e. The van der Waals surface area contributed by atoms with E-state index < -0.39 is 0 Å². The summed E-state index contributed by atoms with van der Waals surface area (Å²) in [6, 6.07) is 5.80. The molecule has 0 spiro atoms. The highest BCUT2D eigenvalue weighted by Gasteiger charge is 2.21. The van der Waals surface area contributed by atoms with Crippen molar-refractivity contribution in [3.05, 3.63) is 23.2 Å². The largest absolute Gasteiger partial charge is 0.380 e. The molecule has 1 aliphatic rings. The molecule has 0 saturated heterocycles. The fourth-order valence-corrected chi connectivity index (χ4v) is 2.20. The van der Waals surface area contributed by atoms with Crippen molar-refractivity contribution >= 4 is 28.9 Å². The number of carbonyl (C=O) groups is 1. The van der Waals surface area contributed by atoms with Crippen molar-refractivity contribution in [2.45, 2.75) is 32.2 Å². The minimum absolute atomic E-state index is 0.0257. The molecule has 0 bridgehead atoms. The molecule has 0 aromatic heterocycles. The Morgan fingerprint density at radius 3 is 3.06 bits per heavy atom. The van der Waals surface area contributed by atoms with Gasteiger partial charge in [0.2, 0.25) is 5.91 Å². The van der Waals surface area contributed by atoms with E-state index in [0.29, 0.717) is 17.1 Å². The van der Waals surface area contributed by atoms with E-state index in [-0.39, 0.29) is 11.9 Å². The molecule has 1 atom stereocenters. The molecule has 0 saturated carbocycles. The third-order valence-electron chi connectivity index (χ3n) is 2.71. The minimum Gasteiger partial charge on any atom is -0.380 e. The van der Waals surface area contributed by atoms with Gasteiger partial charge in [0.15, 0.2) is 0 Å². The predicted molar refractivity (Wildman–Crippen MR) is 67.0 cm³/mol. The van der Waals surface area contributed by atoms with Crippen LogP contribution in [-0.2, 0) is 4.79 Å². The van der Waals surface area contributed by atoms with Crippen LogP contribution in [0, 0.1) is 0 Å². The third kappa shape index (κ3) is 2.30. The molecule has 86 valence electrons. The summed E-state index contributed by atoms with van der Waals surface area (Å²) in [4.78, 5) is 11.7. The molecule has 2 rings (SSSR count). The SMILES string of the molecule is CCCC1CC(=O)Nc2c(Cl)cccc2N1. The van der Waals surface area contributed by atoms with E-state index in [4.69, 9.17) is 11.6 Å². The number of halogens is 1. The van der Waals surface area contributed by atoms with E-state index in [2.05, 4.69) is 17.6 Å². The summed E-state index contributed by atoms with van der Waals surface area (Å²) in [5, 5.41) is 6.79. The molecule has 1 aromatic carbocycles. The van der Waals surface area contributed by atoms with Crippen molar-refractivity contribution in [2.24, 2.45) is 0 Å². The van der Waals surface area contributed by atoms with Crippen LogP contribution >= 0.6 is 11.6 Å². The zero-order valence-electron chi connectivity index (χ0n) is 9.22. The first-order valence-electron chi connectivity index (χ1n) is 5.55. The second-order valence-electron chi connectivity index (χ2n) is 4.04. The maximum atomic E-state index is 11.7. The van der Waals surface area contributed by atoms with Crippen molar-refractivity contribution in [3.8, 4) is 0 Å². The highest BCUT2D eigenvalue weighted by molar-refractivity contribution is 6.34. The molecule has 1 heterocycles. The first-order chi connectivity index (χ1) is 7.70. The first kappa shape index (κ1) is 11.3. The molecule has 3 nitrogen and oxygen atoms in total. The minimum atomic E-state index is 0.0257. The van der Waals surface area contributed by atoms with Crippen LogP contribution in [0.5, 0.6) is 0 Å². The highest BCUT2D eigenvalue weighted by atomic mass is 35.5. The number of para-hydroxylation sites is 1. The summed E-state index contributed by atoms with van der Waals surface area (Å²) in [6.45, 7) is 2.11. The lowest BCUT2D eigenvalue weighted by atomic mass is 10.1. The Labute approximate surface area is 100 Å². The van der Waals surface area contributed by atoms with Crippen LogP contribution in [0.3, 0.4) is 0 Å². The molecule has 1 aliphatic heterocycles.